The van der Waals surface area contributed by atoms with Crippen molar-refractivity contribution in [3.05, 3.63) is 70.5 Å². The van der Waals surface area contributed by atoms with Crippen molar-refractivity contribution in [1.82, 2.24) is 15.8 Å². The molecule has 1 heterocycles. The van der Waals surface area contributed by atoms with Gasteiger partial charge in [-0.2, -0.15) is 0 Å². The number of rotatable bonds is 8. The summed E-state index contributed by atoms with van der Waals surface area (Å²) in [6.07, 6.45) is 3.91. The highest BCUT2D eigenvalue weighted by molar-refractivity contribution is 6.31. The molecule has 1 aliphatic rings. The van der Waals surface area contributed by atoms with E-state index in [4.69, 9.17) is 11.6 Å². The van der Waals surface area contributed by atoms with Crippen molar-refractivity contribution in [3.63, 3.8) is 0 Å². The molecule has 1 saturated heterocycles. The second kappa shape index (κ2) is 10.0. The molecule has 0 aliphatic carbocycles. The summed E-state index contributed by atoms with van der Waals surface area (Å²) >= 11 is 6.15. The Labute approximate surface area is 171 Å². The van der Waals surface area contributed by atoms with Crippen LogP contribution in [-0.4, -0.2) is 30.4 Å². The molecule has 0 bridgehead atoms. The molecule has 0 aromatic heterocycles. The van der Waals surface area contributed by atoms with E-state index < -0.39 is 0 Å². The highest BCUT2D eigenvalue weighted by Gasteiger charge is 2.25. The smallest absolute Gasteiger partial charge is 0.222 e. The van der Waals surface area contributed by atoms with Gasteiger partial charge in [-0.15, -0.1) is 0 Å². The summed E-state index contributed by atoms with van der Waals surface area (Å²) in [5.41, 5.74) is 8.50. The van der Waals surface area contributed by atoms with Crippen LogP contribution in [0.2, 0.25) is 5.02 Å². The Morgan fingerprint density at radius 1 is 1.21 bits per heavy atom. The molecule has 150 valence electrons. The largest absolute Gasteiger partial charge is 0.346 e. The van der Waals surface area contributed by atoms with Crippen LogP contribution >= 0.6 is 11.6 Å². The molecule has 28 heavy (non-hydrogen) atoms. The molecule has 6 heteroatoms. The number of carbonyl (C=O) groups excluding carboxylic acids is 1. The van der Waals surface area contributed by atoms with Gasteiger partial charge in [0.1, 0.15) is 5.82 Å². The summed E-state index contributed by atoms with van der Waals surface area (Å²) in [6, 6.07) is 14.8. The number of amides is 1. The number of nitrogens with zero attached hydrogens (tertiary/aromatic N) is 1. The van der Waals surface area contributed by atoms with Crippen molar-refractivity contribution in [2.24, 2.45) is 0 Å². The van der Waals surface area contributed by atoms with Crippen molar-refractivity contribution < 1.29 is 9.18 Å². The van der Waals surface area contributed by atoms with Gasteiger partial charge in [0, 0.05) is 37.1 Å². The predicted molar refractivity (Wildman–Crippen MR) is 110 cm³/mol. The maximum atomic E-state index is 13.4. The van der Waals surface area contributed by atoms with Crippen molar-refractivity contribution >= 4 is 17.5 Å². The number of halogens is 2. The standard InChI is InChI=1S/C22H27ClFN3O/c1-27(22(28)12-11-16-6-2-3-10-20(16)23)13-5-9-19-15-21(26-25-19)17-7-4-8-18(24)14-17/h2-4,6-8,10,14,19,21,25-26H,5,9,11-13,15H2,1H3. The third-order valence-corrected chi connectivity index (χ3v) is 5.64. The zero-order chi connectivity index (χ0) is 19.9. The summed E-state index contributed by atoms with van der Waals surface area (Å²) in [5, 5.41) is 0.714. The maximum absolute atomic E-state index is 13.4. The van der Waals surface area contributed by atoms with Crippen LogP contribution < -0.4 is 10.9 Å². The Kier molecular flexibility index (Phi) is 7.43. The fourth-order valence-corrected chi connectivity index (χ4v) is 3.82. The molecule has 2 aromatic rings. The van der Waals surface area contributed by atoms with E-state index in [-0.39, 0.29) is 17.8 Å². The summed E-state index contributed by atoms with van der Waals surface area (Å²) < 4.78 is 13.4. The van der Waals surface area contributed by atoms with E-state index in [0.717, 1.165) is 36.9 Å². The fourth-order valence-electron chi connectivity index (χ4n) is 3.59. The summed E-state index contributed by atoms with van der Waals surface area (Å²) in [6.45, 7) is 0.726. The summed E-state index contributed by atoms with van der Waals surface area (Å²) in [4.78, 5) is 14.1. The zero-order valence-corrected chi connectivity index (χ0v) is 16.9. The lowest BCUT2D eigenvalue weighted by Gasteiger charge is -2.18. The number of hydrogen-bond acceptors (Lipinski definition) is 3. The van der Waals surface area contributed by atoms with Crippen molar-refractivity contribution in [2.75, 3.05) is 13.6 Å². The first-order chi connectivity index (χ1) is 13.5. The van der Waals surface area contributed by atoms with Crippen LogP contribution in [0.5, 0.6) is 0 Å². The monoisotopic (exact) mass is 403 g/mol. The molecule has 2 aromatic carbocycles. The number of benzene rings is 2. The van der Waals surface area contributed by atoms with Crippen LogP contribution in [0.15, 0.2) is 48.5 Å². The Morgan fingerprint density at radius 2 is 2.04 bits per heavy atom. The molecule has 0 spiro atoms. The Morgan fingerprint density at radius 3 is 2.82 bits per heavy atom. The SMILES string of the molecule is CN(CCCC1CC(c2cccc(F)c2)NN1)C(=O)CCc1ccccc1Cl. The minimum absolute atomic E-state index is 0.121. The third-order valence-electron chi connectivity index (χ3n) is 5.27. The van der Waals surface area contributed by atoms with E-state index in [1.165, 1.54) is 6.07 Å². The van der Waals surface area contributed by atoms with Crippen LogP contribution in [0.4, 0.5) is 4.39 Å². The highest BCUT2D eigenvalue weighted by Crippen LogP contribution is 2.24. The highest BCUT2D eigenvalue weighted by atomic mass is 35.5. The van der Waals surface area contributed by atoms with Gasteiger partial charge in [-0.05, 0) is 55.0 Å². The van der Waals surface area contributed by atoms with Gasteiger partial charge in [0.2, 0.25) is 5.91 Å². The van der Waals surface area contributed by atoms with E-state index in [0.29, 0.717) is 23.9 Å². The average Bonchev–Trinajstić information content (AvgIpc) is 3.16. The molecule has 2 atom stereocenters. The minimum atomic E-state index is -0.209. The van der Waals surface area contributed by atoms with E-state index in [1.807, 2.05) is 37.4 Å². The van der Waals surface area contributed by atoms with Gasteiger partial charge in [-0.1, -0.05) is 41.9 Å². The third kappa shape index (κ3) is 5.77. The number of nitrogens with one attached hydrogen (secondary N) is 2. The zero-order valence-electron chi connectivity index (χ0n) is 16.1. The van der Waals surface area contributed by atoms with Gasteiger partial charge >= 0.3 is 0 Å². The van der Waals surface area contributed by atoms with E-state index >= 15 is 0 Å². The predicted octanol–water partition coefficient (Wildman–Crippen LogP) is 4.26. The number of carbonyl (C=O) groups is 1. The van der Waals surface area contributed by atoms with Gasteiger partial charge in [0.05, 0.1) is 0 Å². The molecule has 0 radical (unpaired) electrons. The van der Waals surface area contributed by atoms with E-state index in [1.54, 1.807) is 17.0 Å². The maximum Gasteiger partial charge on any atom is 0.222 e. The Balaban J connectivity index is 1.36. The first-order valence-electron chi connectivity index (χ1n) is 9.77. The molecule has 4 nitrogen and oxygen atoms in total. The lowest BCUT2D eigenvalue weighted by Crippen LogP contribution is -2.32. The Bertz CT molecular complexity index is 801. The molecule has 1 amide bonds. The quantitative estimate of drug-likeness (QED) is 0.692. The number of hydrogen-bond donors (Lipinski definition) is 2. The van der Waals surface area contributed by atoms with Gasteiger partial charge in [0.25, 0.3) is 0 Å². The number of aryl methyl sites for hydroxylation is 1. The van der Waals surface area contributed by atoms with Gasteiger partial charge < -0.3 is 4.90 Å². The molecule has 2 unspecified atom stereocenters. The normalized spacial score (nSPS) is 19.0. The van der Waals surface area contributed by atoms with Crippen molar-refractivity contribution in [2.45, 2.75) is 44.2 Å². The lowest BCUT2D eigenvalue weighted by atomic mass is 9.99. The first-order valence-corrected chi connectivity index (χ1v) is 10.1. The minimum Gasteiger partial charge on any atom is -0.346 e. The van der Waals surface area contributed by atoms with Crippen LogP contribution in [-0.2, 0) is 11.2 Å². The molecule has 2 N–H and O–H groups in total. The molecule has 1 aliphatic heterocycles. The molecular formula is C22H27ClFN3O. The van der Waals surface area contributed by atoms with E-state index in [9.17, 15) is 9.18 Å². The second-order valence-corrected chi connectivity index (χ2v) is 7.79. The lowest BCUT2D eigenvalue weighted by molar-refractivity contribution is -0.129. The molecule has 1 fully saturated rings. The number of hydrazine groups is 1. The van der Waals surface area contributed by atoms with Crippen LogP contribution in [0.1, 0.15) is 42.9 Å². The van der Waals surface area contributed by atoms with Crippen LogP contribution in [0.25, 0.3) is 0 Å². The molecular weight excluding hydrogens is 377 g/mol. The first kappa shape index (κ1) is 20.8. The molecule has 0 saturated carbocycles. The van der Waals surface area contributed by atoms with Crippen molar-refractivity contribution in [3.8, 4) is 0 Å². The van der Waals surface area contributed by atoms with Crippen molar-refractivity contribution in [1.29, 1.82) is 0 Å². The van der Waals surface area contributed by atoms with Crippen LogP contribution in [0, 0.1) is 5.82 Å². The molecule has 3 rings (SSSR count). The van der Waals surface area contributed by atoms with Gasteiger partial charge in [-0.3, -0.25) is 15.6 Å². The summed E-state index contributed by atoms with van der Waals surface area (Å²) in [5.74, 6) is -0.0743. The van der Waals surface area contributed by atoms with Gasteiger partial charge in [-0.25, -0.2) is 4.39 Å². The van der Waals surface area contributed by atoms with Crippen LogP contribution in [0.3, 0.4) is 0 Å². The average molecular weight is 404 g/mol. The van der Waals surface area contributed by atoms with Gasteiger partial charge in [0.15, 0.2) is 0 Å². The van der Waals surface area contributed by atoms with E-state index in [2.05, 4.69) is 10.9 Å². The summed E-state index contributed by atoms with van der Waals surface area (Å²) in [7, 11) is 1.85. The fraction of sp³-hybridized carbons (Fsp3) is 0.409. The second-order valence-electron chi connectivity index (χ2n) is 7.38. The topological polar surface area (TPSA) is 44.4 Å². The Hall–Kier alpha value is -1.95.